The van der Waals surface area contributed by atoms with Crippen LogP contribution in [0.4, 0.5) is 5.95 Å². The Morgan fingerprint density at radius 2 is 2.04 bits per heavy atom. The Morgan fingerprint density at radius 1 is 1.29 bits per heavy atom. The Kier molecular flexibility index (Phi) is 5.30. The highest BCUT2D eigenvalue weighted by molar-refractivity contribution is 5.79. The number of anilines is 1. The molecule has 0 atom stereocenters. The van der Waals surface area contributed by atoms with Gasteiger partial charge in [0.05, 0.1) is 24.8 Å². The van der Waals surface area contributed by atoms with E-state index < -0.39 is 0 Å². The van der Waals surface area contributed by atoms with Gasteiger partial charge in [0.1, 0.15) is 0 Å². The van der Waals surface area contributed by atoms with Crippen LogP contribution in [0.1, 0.15) is 31.7 Å². The maximum atomic E-state index is 11.6. The molecule has 2 heterocycles. The molecule has 0 spiro atoms. The molecule has 0 fully saturated rings. The van der Waals surface area contributed by atoms with Gasteiger partial charge in [0.25, 0.3) is 5.10 Å². The zero-order valence-electron chi connectivity index (χ0n) is 16.2. The predicted molar refractivity (Wildman–Crippen MR) is 97.9 cm³/mol. The lowest BCUT2D eigenvalue weighted by Gasteiger charge is -2.06. The second-order valence-electron chi connectivity index (χ2n) is 6.75. The number of benzene rings is 1. The highest BCUT2D eigenvalue weighted by atomic mass is 16.5. The Hall–Kier alpha value is -3.43. The van der Waals surface area contributed by atoms with E-state index in [0.717, 1.165) is 27.2 Å². The lowest BCUT2D eigenvalue weighted by molar-refractivity contribution is -0.950. The van der Waals surface area contributed by atoms with Crippen LogP contribution >= 0.6 is 0 Å². The summed E-state index contributed by atoms with van der Waals surface area (Å²) in [6.07, 6.45) is -0.0910. The molecule has 0 aliphatic heterocycles. The number of aromatic nitrogens is 5. The third-order valence-corrected chi connectivity index (χ3v) is 4.21. The third-order valence-electron chi connectivity index (χ3n) is 4.21. The molecule has 10 nitrogen and oxygen atoms in total. The SMILES string of the molecule is Cc1n[nH]c(C)c1-c1ccc2c(c1)[n+](O)nc(NCCC(=O)OC(C)C)[n+]2O. The smallest absolute Gasteiger partial charge is 0.463 e. The van der Waals surface area contributed by atoms with Crippen molar-refractivity contribution in [2.24, 2.45) is 0 Å². The zero-order valence-corrected chi connectivity index (χ0v) is 16.2. The number of carbonyl (C=O) groups is 1. The molecule has 28 heavy (non-hydrogen) atoms. The van der Waals surface area contributed by atoms with E-state index in [1.165, 1.54) is 0 Å². The highest BCUT2D eigenvalue weighted by Crippen LogP contribution is 2.26. The van der Waals surface area contributed by atoms with Gasteiger partial charge in [-0.15, -0.1) is 0 Å². The van der Waals surface area contributed by atoms with Crippen LogP contribution in [0.5, 0.6) is 0 Å². The number of nitrogens with one attached hydrogen (secondary N) is 2. The van der Waals surface area contributed by atoms with Gasteiger partial charge in [-0.3, -0.25) is 15.2 Å². The molecule has 0 amide bonds. The van der Waals surface area contributed by atoms with Crippen LogP contribution in [0.15, 0.2) is 18.2 Å². The van der Waals surface area contributed by atoms with Gasteiger partial charge in [-0.05, 0) is 44.1 Å². The van der Waals surface area contributed by atoms with Gasteiger partial charge in [-0.2, -0.15) is 5.10 Å². The van der Waals surface area contributed by atoms with Crippen molar-refractivity contribution in [2.75, 3.05) is 11.9 Å². The average molecular weight is 388 g/mol. The topological polar surface area (TPSA) is 128 Å². The van der Waals surface area contributed by atoms with Gasteiger partial charge >= 0.3 is 17.4 Å². The second-order valence-corrected chi connectivity index (χ2v) is 6.75. The van der Waals surface area contributed by atoms with Crippen LogP contribution in [-0.4, -0.2) is 44.3 Å². The number of carbonyl (C=O) groups excluding carboxylic acids is 1. The monoisotopic (exact) mass is 388 g/mol. The standard InChI is InChI=1S/C18H23N6O4/c1-10(2)28-16(25)7-8-19-18-22-24(27)15-9-13(5-6-14(15)23(18)26)17-11(3)20-21-12(17)4/h5-6,9-10,26H,7-8H2,1-4H3,(H2,19,20,21,22,27)/q+1/p+1. The molecule has 3 aromatic rings. The summed E-state index contributed by atoms with van der Waals surface area (Å²) < 4.78 is 5.88. The summed E-state index contributed by atoms with van der Waals surface area (Å²) in [6, 6.07) is 5.20. The van der Waals surface area contributed by atoms with Crippen molar-refractivity contribution in [2.45, 2.75) is 40.2 Å². The number of nitrogens with zero attached hydrogens (tertiary/aromatic N) is 4. The van der Waals surface area contributed by atoms with Crippen molar-refractivity contribution in [3.05, 3.63) is 29.6 Å². The van der Waals surface area contributed by atoms with E-state index in [1.807, 2.05) is 19.9 Å². The second kappa shape index (κ2) is 7.67. The normalized spacial score (nSPS) is 11.2. The molecule has 2 aromatic heterocycles. The van der Waals surface area contributed by atoms with Crippen LogP contribution in [0.2, 0.25) is 0 Å². The fraction of sp³-hybridized carbons (Fsp3) is 0.389. The van der Waals surface area contributed by atoms with Crippen molar-refractivity contribution in [1.82, 2.24) is 15.3 Å². The fourth-order valence-corrected chi connectivity index (χ4v) is 3.00. The van der Waals surface area contributed by atoms with E-state index in [-0.39, 0.29) is 31.0 Å². The third kappa shape index (κ3) is 3.80. The number of hydrogen-bond acceptors (Lipinski definition) is 7. The summed E-state index contributed by atoms with van der Waals surface area (Å²) in [7, 11) is 0. The van der Waals surface area contributed by atoms with Gasteiger partial charge in [0.15, 0.2) is 0 Å². The molecule has 0 radical (unpaired) electrons. The Morgan fingerprint density at radius 3 is 2.68 bits per heavy atom. The van der Waals surface area contributed by atoms with Crippen LogP contribution < -0.4 is 14.9 Å². The first-order chi connectivity index (χ1) is 13.3. The minimum Gasteiger partial charge on any atom is -0.463 e. The van der Waals surface area contributed by atoms with Gasteiger partial charge in [-0.1, -0.05) is 6.07 Å². The summed E-state index contributed by atoms with van der Waals surface area (Å²) in [6.45, 7) is 7.53. The molecule has 0 aliphatic rings. The summed E-state index contributed by atoms with van der Waals surface area (Å²) in [5.74, 6) is -0.365. The molecular formula is C18H24N6O4+2. The molecule has 0 bridgehead atoms. The first-order valence-electron chi connectivity index (χ1n) is 8.94. The van der Waals surface area contributed by atoms with Gasteiger partial charge in [-0.25, -0.2) is 5.21 Å². The number of H-pyrrole nitrogens is 1. The maximum absolute atomic E-state index is 11.6. The molecule has 0 unspecified atom stereocenters. The molecule has 0 saturated heterocycles. The van der Waals surface area contributed by atoms with E-state index in [9.17, 15) is 15.2 Å². The van der Waals surface area contributed by atoms with Crippen molar-refractivity contribution < 1.29 is 29.5 Å². The minimum atomic E-state index is -0.361. The molecule has 4 N–H and O–H groups in total. The van der Waals surface area contributed by atoms with Crippen LogP contribution in [0.25, 0.3) is 22.2 Å². The molecule has 1 aromatic carbocycles. The first-order valence-corrected chi connectivity index (χ1v) is 8.94. The Bertz CT molecular complexity index is 1010. The van der Waals surface area contributed by atoms with Crippen LogP contribution in [0.3, 0.4) is 0 Å². The number of aromatic amines is 1. The zero-order chi connectivity index (χ0) is 20.4. The van der Waals surface area contributed by atoms with E-state index in [1.54, 1.807) is 26.0 Å². The van der Waals surface area contributed by atoms with Crippen molar-refractivity contribution in [1.29, 1.82) is 0 Å². The number of fused-ring (bicyclic) bond motifs is 1. The molecule has 0 saturated carbocycles. The van der Waals surface area contributed by atoms with E-state index in [2.05, 4.69) is 20.6 Å². The van der Waals surface area contributed by atoms with Crippen molar-refractivity contribution in [3.63, 3.8) is 0 Å². The van der Waals surface area contributed by atoms with Gasteiger partial charge in [0.2, 0.25) is 10.4 Å². The fourth-order valence-electron chi connectivity index (χ4n) is 3.00. The van der Waals surface area contributed by atoms with E-state index >= 15 is 0 Å². The Balaban J connectivity index is 1.87. The van der Waals surface area contributed by atoms with E-state index in [4.69, 9.17) is 4.74 Å². The minimum absolute atomic E-state index is 0.00392. The summed E-state index contributed by atoms with van der Waals surface area (Å²) in [5.41, 5.74) is 4.14. The van der Waals surface area contributed by atoms with E-state index in [0.29, 0.717) is 15.9 Å². The van der Waals surface area contributed by atoms with Crippen LogP contribution in [0, 0.1) is 13.8 Å². The first kappa shape index (κ1) is 19.3. The largest absolute Gasteiger partial charge is 0.500 e. The molecule has 148 valence electrons. The summed E-state index contributed by atoms with van der Waals surface area (Å²) in [4.78, 5) is 12.3. The average Bonchev–Trinajstić information content (AvgIpc) is 2.96. The molecule has 0 aliphatic carbocycles. The molecule has 3 rings (SSSR count). The summed E-state index contributed by atoms with van der Waals surface area (Å²) >= 11 is 0. The number of aryl methyl sites for hydroxylation is 2. The van der Waals surface area contributed by atoms with Crippen molar-refractivity contribution in [3.8, 4) is 11.1 Å². The quantitative estimate of drug-likeness (QED) is 0.282. The summed E-state index contributed by atoms with van der Waals surface area (Å²) in [5, 5.41) is 34.6. The number of hydrogen-bond donors (Lipinski definition) is 4. The lowest BCUT2D eigenvalue weighted by atomic mass is 10.0. The van der Waals surface area contributed by atoms with Crippen molar-refractivity contribution >= 4 is 23.0 Å². The number of esters is 1. The molecule has 10 heteroatoms. The number of rotatable bonds is 6. The van der Waals surface area contributed by atoms with Gasteiger partial charge < -0.3 is 9.94 Å². The van der Waals surface area contributed by atoms with Gasteiger partial charge in [0, 0.05) is 17.3 Å². The molecular weight excluding hydrogens is 364 g/mol. The lowest BCUT2D eigenvalue weighted by Crippen LogP contribution is -2.47. The Labute approximate surface area is 161 Å². The maximum Gasteiger partial charge on any atom is 0.500 e. The highest BCUT2D eigenvalue weighted by Gasteiger charge is 2.28. The predicted octanol–water partition coefficient (Wildman–Crippen LogP) is 1.04. The number of ether oxygens (including phenoxy) is 1. The van der Waals surface area contributed by atoms with Crippen LogP contribution in [-0.2, 0) is 9.53 Å².